The van der Waals surface area contributed by atoms with Crippen LogP contribution in [0.3, 0.4) is 0 Å². The molecule has 3 rings (SSSR count). The second kappa shape index (κ2) is 7.10. The van der Waals surface area contributed by atoms with Crippen molar-refractivity contribution in [3.63, 3.8) is 0 Å². The van der Waals surface area contributed by atoms with Gasteiger partial charge in [-0.15, -0.1) is 0 Å². The van der Waals surface area contributed by atoms with Gasteiger partial charge in [-0.1, -0.05) is 36.4 Å². The van der Waals surface area contributed by atoms with E-state index >= 15 is 0 Å². The lowest BCUT2D eigenvalue weighted by Gasteiger charge is -2.12. The number of aromatic nitrogens is 2. The van der Waals surface area contributed by atoms with Crippen LogP contribution in [0, 0.1) is 10.1 Å². The molecule has 1 atom stereocenters. The highest BCUT2D eigenvalue weighted by atomic mass is 16.6. The van der Waals surface area contributed by atoms with E-state index in [4.69, 9.17) is 0 Å². The lowest BCUT2D eigenvalue weighted by molar-refractivity contribution is -0.383. The molecule has 1 heterocycles. The zero-order valence-electron chi connectivity index (χ0n) is 13.2. The summed E-state index contributed by atoms with van der Waals surface area (Å²) in [7, 11) is 0. The zero-order valence-corrected chi connectivity index (χ0v) is 13.2. The Morgan fingerprint density at radius 1 is 1.24 bits per heavy atom. The van der Waals surface area contributed by atoms with Gasteiger partial charge in [-0.25, -0.2) is 4.98 Å². The molecule has 0 aliphatic carbocycles. The molecule has 3 aromatic rings. The summed E-state index contributed by atoms with van der Waals surface area (Å²) in [5.41, 5.74) is 1.34. The standard InChI is InChI=1S/C17H16N4O4/c22-15(12-5-2-1-3-6-12)9-18-16(23)10-20-11-19-13-7-4-8-14(17(13)20)21(24)25/h1-8,11,15,22H,9-10H2,(H,18,23). The maximum Gasteiger partial charge on any atom is 0.295 e. The van der Waals surface area contributed by atoms with E-state index in [0.717, 1.165) is 0 Å². The van der Waals surface area contributed by atoms with Crippen molar-refractivity contribution in [2.45, 2.75) is 12.6 Å². The van der Waals surface area contributed by atoms with Crippen molar-refractivity contribution in [3.8, 4) is 0 Å². The molecule has 0 spiro atoms. The summed E-state index contributed by atoms with van der Waals surface area (Å²) in [6, 6.07) is 13.6. The molecule has 1 aromatic heterocycles. The molecule has 0 bridgehead atoms. The van der Waals surface area contributed by atoms with Crippen LogP contribution in [0.1, 0.15) is 11.7 Å². The van der Waals surface area contributed by atoms with Crippen molar-refractivity contribution < 1.29 is 14.8 Å². The maximum absolute atomic E-state index is 12.1. The van der Waals surface area contributed by atoms with Crippen molar-refractivity contribution in [2.24, 2.45) is 0 Å². The number of non-ortho nitro benzene ring substituents is 1. The van der Waals surface area contributed by atoms with E-state index in [1.165, 1.54) is 17.0 Å². The van der Waals surface area contributed by atoms with Gasteiger partial charge in [0, 0.05) is 12.6 Å². The number of nitrogens with one attached hydrogen (secondary N) is 1. The summed E-state index contributed by atoms with van der Waals surface area (Å²) in [5, 5.41) is 23.8. The largest absolute Gasteiger partial charge is 0.387 e. The number of carbonyl (C=O) groups is 1. The van der Waals surface area contributed by atoms with Crippen molar-refractivity contribution in [1.29, 1.82) is 0 Å². The number of benzene rings is 2. The highest BCUT2D eigenvalue weighted by Crippen LogP contribution is 2.24. The van der Waals surface area contributed by atoms with E-state index < -0.39 is 11.0 Å². The Morgan fingerprint density at radius 2 is 2.00 bits per heavy atom. The van der Waals surface area contributed by atoms with E-state index in [-0.39, 0.29) is 24.7 Å². The lowest BCUT2D eigenvalue weighted by Crippen LogP contribution is -2.31. The van der Waals surface area contributed by atoms with Crippen LogP contribution in [-0.4, -0.2) is 32.0 Å². The van der Waals surface area contributed by atoms with Gasteiger partial charge in [0.1, 0.15) is 12.1 Å². The predicted molar refractivity (Wildman–Crippen MR) is 90.8 cm³/mol. The average molecular weight is 340 g/mol. The minimum Gasteiger partial charge on any atom is -0.387 e. The van der Waals surface area contributed by atoms with Gasteiger partial charge < -0.3 is 15.0 Å². The number of imidazole rings is 1. The quantitative estimate of drug-likeness (QED) is 0.525. The number of nitrogens with zero attached hydrogens (tertiary/aromatic N) is 3. The number of hydrogen-bond acceptors (Lipinski definition) is 5. The number of nitro benzene ring substituents is 1. The third-order valence-electron chi connectivity index (χ3n) is 3.80. The minimum absolute atomic E-state index is 0.0531. The first-order chi connectivity index (χ1) is 12.1. The Kier molecular flexibility index (Phi) is 4.71. The van der Waals surface area contributed by atoms with Crippen molar-refractivity contribution in [2.75, 3.05) is 6.54 Å². The number of hydrogen-bond donors (Lipinski definition) is 2. The van der Waals surface area contributed by atoms with Gasteiger partial charge >= 0.3 is 0 Å². The molecule has 0 saturated carbocycles. The van der Waals surface area contributed by atoms with Gasteiger partial charge in [0.2, 0.25) is 5.91 Å². The summed E-state index contributed by atoms with van der Waals surface area (Å²) < 4.78 is 1.43. The third kappa shape index (κ3) is 3.64. The van der Waals surface area contributed by atoms with E-state index in [9.17, 15) is 20.0 Å². The molecule has 1 amide bonds. The topological polar surface area (TPSA) is 110 Å². The first kappa shape index (κ1) is 16.6. The normalized spacial score (nSPS) is 12.0. The van der Waals surface area contributed by atoms with E-state index in [1.54, 1.807) is 36.4 Å². The molecule has 0 aliphatic heterocycles. The minimum atomic E-state index is -0.820. The highest BCUT2D eigenvalue weighted by Gasteiger charge is 2.18. The number of aliphatic hydroxyl groups excluding tert-OH is 1. The van der Waals surface area contributed by atoms with Crippen molar-refractivity contribution in [1.82, 2.24) is 14.9 Å². The van der Waals surface area contributed by atoms with Crippen LogP contribution in [0.2, 0.25) is 0 Å². The fourth-order valence-electron chi connectivity index (χ4n) is 2.59. The van der Waals surface area contributed by atoms with Crippen LogP contribution in [0.25, 0.3) is 11.0 Å². The zero-order chi connectivity index (χ0) is 17.8. The maximum atomic E-state index is 12.1. The average Bonchev–Trinajstić information content (AvgIpc) is 3.03. The van der Waals surface area contributed by atoms with Crippen molar-refractivity contribution >= 4 is 22.6 Å². The second-order valence-electron chi connectivity index (χ2n) is 5.51. The molecule has 2 aromatic carbocycles. The number of aliphatic hydroxyl groups is 1. The molecule has 8 nitrogen and oxygen atoms in total. The van der Waals surface area contributed by atoms with E-state index in [2.05, 4.69) is 10.3 Å². The Hall–Kier alpha value is -3.26. The number of para-hydroxylation sites is 1. The number of carbonyl (C=O) groups excluding carboxylic acids is 1. The Balaban J connectivity index is 1.69. The molecular weight excluding hydrogens is 324 g/mol. The SMILES string of the molecule is O=C(Cn1cnc2cccc([N+](=O)[O-])c21)NCC(O)c1ccccc1. The van der Waals surface area contributed by atoms with Crippen LogP contribution >= 0.6 is 0 Å². The highest BCUT2D eigenvalue weighted by molar-refractivity contribution is 5.86. The summed E-state index contributed by atoms with van der Waals surface area (Å²) in [6.07, 6.45) is 0.573. The van der Waals surface area contributed by atoms with Gasteiger partial charge in [-0.05, 0) is 11.6 Å². The molecule has 1 unspecified atom stereocenters. The molecule has 128 valence electrons. The van der Waals surface area contributed by atoms with Crippen LogP contribution in [0.5, 0.6) is 0 Å². The van der Waals surface area contributed by atoms with Crippen LogP contribution < -0.4 is 5.32 Å². The van der Waals surface area contributed by atoms with E-state index in [0.29, 0.717) is 16.6 Å². The van der Waals surface area contributed by atoms with Crippen LogP contribution in [0.15, 0.2) is 54.9 Å². The molecule has 0 saturated heterocycles. The van der Waals surface area contributed by atoms with Gasteiger partial charge in [-0.3, -0.25) is 14.9 Å². The molecule has 0 aliphatic rings. The molecule has 0 fully saturated rings. The smallest absolute Gasteiger partial charge is 0.295 e. The first-order valence-electron chi connectivity index (χ1n) is 7.64. The Morgan fingerprint density at radius 3 is 2.72 bits per heavy atom. The lowest BCUT2D eigenvalue weighted by atomic mass is 10.1. The molecule has 8 heteroatoms. The third-order valence-corrected chi connectivity index (χ3v) is 3.80. The predicted octanol–water partition coefficient (Wildman–Crippen LogP) is 1.79. The monoisotopic (exact) mass is 340 g/mol. The fourth-order valence-corrected chi connectivity index (χ4v) is 2.59. The van der Waals surface area contributed by atoms with Crippen LogP contribution in [0.4, 0.5) is 5.69 Å². The molecule has 2 N–H and O–H groups in total. The second-order valence-corrected chi connectivity index (χ2v) is 5.51. The van der Waals surface area contributed by atoms with Crippen LogP contribution in [-0.2, 0) is 11.3 Å². The number of fused-ring (bicyclic) bond motifs is 1. The van der Waals surface area contributed by atoms with Crippen molar-refractivity contribution in [3.05, 3.63) is 70.5 Å². The summed E-state index contributed by atoms with van der Waals surface area (Å²) >= 11 is 0. The van der Waals surface area contributed by atoms with Gasteiger partial charge in [0.15, 0.2) is 0 Å². The number of rotatable bonds is 6. The first-order valence-corrected chi connectivity index (χ1v) is 7.64. The summed E-state index contributed by atoms with van der Waals surface area (Å²) in [6.45, 7) is -0.0690. The molecular formula is C17H16N4O4. The number of amides is 1. The Bertz CT molecular complexity index is 907. The summed E-state index contributed by atoms with van der Waals surface area (Å²) in [5.74, 6) is -0.368. The molecule has 0 radical (unpaired) electrons. The van der Waals surface area contributed by atoms with Gasteiger partial charge in [-0.2, -0.15) is 0 Å². The Labute approximate surface area is 142 Å². The summed E-state index contributed by atoms with van der Waals surface area (Å²) in [4.78, 5) is 26.9. The molecule has 25 heavy (non-hydrogen) atoms. The van der Waals surface area contributed by atoms with E-state index in [1.807, 2.05) is 6.07 Å². The van der Waals surface area contributed by atoms with Gasteiger partial charge in [0.25, 0.3) is 5.69 Å². The van der Waals surface area contributed by atoms with Gasteiger partial charge in [0.05, 0.1) is 22.9 Å². The fraction of sp³-hybridized carbons (Fsp3) is 0.176. The number of nitro groups is 1.